The minimum atomic E-state index is -0.756. The first kappa shape index (κ1) is 20.3. The first-order chi connectivity index (χ1) is 12.8. The summed E-state index contributed by atoms with van der Waals surface area (Å²) in [7, 11) is 1.32. The van der Waals surface area contributed by atoms with E-state index in [0.29, 0.717) is 6.42 Å². The summed E-state index contributed by atoms with van der Waals surface area (Å²) in [5.74, 6) is -1.40. The van der Waals surface area contributed by atoms with Crippen molar-refractivity contribution in [2.24, 2.45) is 11.8 Å². The van der Waals surface area contributed by atoms with Gasteiger partial charge in [-0.1, -0.05) is 12.8 Å². The summed E-state index contributed by atoms with van der Waals surface area (Å²) in [5.41, 5.74) is -1.25. The predicted octanol–water partition coefficient (Wildman–Crippen LogP) is 2.52. The zero-order valence-electron chi connectivity index (χ0n) is 15.1. The van der Waals surface area contributed by atoms with Gasteiger partial charge >= 0.3 is 5.97 Å². The van der Waals surface area contributed by atoms with Crippen LogP contribution in [0, 0.1) is 39.0 Å². The van der Waals surface area contributed by atoms with E-state index in [1.165, 1.54) is 14.0 Å². The Morgan fingerprint density at radius 3 is 2.22 bits per heavy atom. The van der Waals surface area contributed by atoms with Crippen molar-refractivity contribution in [1.29, 1.82) is 0 Å². The molecule has 146 valence electrons. The van der Waals surface area contributed by atoms with E-state index in [1.807, 2.05) is 0 Å². The molecule has 0 spiro atoms. The van der Waals surface area contributed by atoms with E-state index in [1.54, 1.807) is 0 Å². The number of methoxy groups -OCH3 is 1. The van der Waals surface area contributed by atoms with Crippen LogP contribution in [0.15, 0.2) is 12.1 Å². The van der Waals surface area contributed by atoms with Gasteiger partial charge in [0.1, 0.15) is 5.56 Å². The first-order valence-corrected chi connectivity index (χ1v) is 8.55. The van der Waals surface area contributed by atoms with Crippen LogP contribution >= 0.6 is 0 Å². The third kappa shape index (κ3) is 4.57. The Bertz CT molecular complexity index is 743. The number of hydrogen-bond donors (Lipinski definition) is 1. The summed E-state index contributed by atoms with van der Waals surface area (Å²) >= 11 is 0. The zero-order valence-corrected chi connectivity index (χ0v) is 15.1. The largest absolute Gasteiger partial charge is 0.469 e. The lowest BCUT2D eigenvalue weighted by atomic mass is 9.79. The van der Waals surface area contributed by atoms with Gasteiger partial charge in [0.15, 0.2) is 0 Å². The Morgan fingerprint density at radius 2 is 1.70 bits per heavy atom. The van der Waals surface area contributed by atoms with E-state index in [0.717, 1.165) is 31.4 Å². The fraction of sp³-hybridized carbons (Fsp3) is 0.529. The van der Waals surface area contributed by atoms with Crippen LogP contribution in [-0.4, -0.2) is 35.4 Å². The second-order valence-electron chi connectivity index (χ2n) is 6.54. The summed E-state index contributed by atoms with van der Waals surface area (Å²) < 4.78 is 4.81. The highest BCUT2D eigenvalue weighted by molar-refractivity contribution is 5.96. The lowest BCUT2D eigenvalue weighted by Crippen LogP contribution is -2.37. The zero-order chi connectivity index (χ0) is 20.1. The molecular formula is C17H21N3O7. The normalized spacial score (nSPS) is 19.2. The number of amides is 1. The molecule has 27 heavy (non-hydrogen) atoms. The molecule has 1 amide bonds. The predicted molar refractivity (Wildman–Crippen MR) is 94.3 cm³/mol. The standard InChI is InChI=1S/C17H21N3O7/c1-10-14(19(23)24)7-12(8-15(10)20(25)26)16(21)18-9-11-5-3-4-6-13(11)17(22)27-2/h7-8,11,13H,3-6,9H2,1-2H3,(H,18,21). The fourth-order valence-electron chi connectivity index (χ4n) is 3.43. The molecule has 1 aliphatic carbocycles. The number of carbonyl (C=O) groups excluding carboxylic acids is 2. The average Bonchev–Trinajstić information content (AvgIpc) is 2.65. The molecule has 0 aliphatic heterocycles. The first-order valence-electron chi connectivity index (χ1n) is 8.55. The smallest absolute Gasteiger partial charge is 0.309 e. The molecule has 1 aromatic rings. The maximum absolute atomic E-state index is 12.4. The van der Waals surface area contributed by atoms with Gasteiger partial charge in [0.2, 0.25) is 0 Å². The lowest BCUT2D eigenvalue weighted by molar-refractivity contribution is -0.395. The number of hydrogen-bond acceptors (Lipinski definition) is 7. The highest BCUT2D eigenvalue weighted by atomic mass is 16.6. The van der Waals surface area contributed by atoms with Crippen LogP contribution in [0.3, 0.4) is 0 Å². The van der Waals surface area contributed by atoms with Crippen molar-refractivity contribution in [2.45, 2.75) is 32.6 Å². The van der Waals surface area contributed by atoms with E-state index in [2.05, 4.69) is 5.32 Å². The number of benzene rings is 1. The number of nitrogens with one attached hydrogen (secondary N) is 1. The van der Waals surface area contributed by atoms with Crippen LogP contribution in [-0.2, 0) is 9.53 Å². The minimum absolute atomic E-state index is 0.106. The molecule has 0 aromatic heterocycles. The van der Waals surface area contributed by atoms with E-state index in [4.69, 9.17) is 4.74 Å². The molecule has 2 unspecified atom stereocenters. The molecule has 1 aromatic carbocycles. The molecule has 2 rings (SSSR count). The van der Waals surface area contributed by atoms with Crippen LogP contribution in [0.2, 0.25) is 0 Å². The second-order valence-corrected chi connectivity index (χ2v) is 6.54. The Balaban J connectivity index is 2.19. The van der Waals surface area contributed by atoms with Gasteiger partial charge in [-0.2, -0.15) is 0 Å². The highest BCUT2D eigenvalue weighted by Gasteiger charge is 2.32. The van der Waals surface area contributed by atoms with Gasteiger partial charge in [0.25, 0.3) is 17.3 Å². The molecular weight excluding hydrogens is 358 g/mol. The summed E-state index contributed by atoms with van der Waals surface area (Å²) in [6, 6.07) is 2.05. The summed E-state index contributed by atoms with van der Waals surface area (Å²) in [5, 5.41) is 24.9. The van der Waals surface area contributed by atoms with Crippen molar-refractivity contribution in [3.05, 3.63) is 43.5 Å². The Kier molecular flexibility index (Phi) is 6.43. The molecule has 10 nitrogen and oxygen atoms in total. The van der Waals surface area contributed by atoms with Gasteiger partial charge in [-0.05, 0) is 25.7 Å². The van der Waals surface area contributed by atoms with Crippen LogP contribution < -0.4 is 5.32 Å². The third-order valence-electron chi connectivity index (χ3n) is 4.95. The number of nitro groups is 2. The van der Waals surface area contributed by atoms with Crippen molar-refractivity contribution >= 4 is 23.3 Å². The van der Waals surface area contributed by atoms with Crippen LogP contribution in [0.1, 0.15) is 41.6 Å². The molecule has 1 N–H and O–H groups in total. The number of carbonyl (C=O) groups is 2. The average molecular weight is 379 g/mol. The van der Waals surface area contributed by atoms with Gasteiger partial charge in [-0.3, -0.25) is 29.8 Å². The van der Waals surface area contributed by atoms with Gasteiger partial charge in [-0.15, -0.1) is 0 Å². The molecule has 0 bridgehead atoms. The topological polar surface area (TPSA) is 142 Å². The van der Waals surface area contributed by atoms with Crippen LogP contribution in [0.25, 0.3) is 0 Å². The minimum Gasteiger partial charge on any atom is -0.469 e. The maximum Gasteiger partial charge on any atom is 0.309 e. The number of nitro benzene ring substituents is 2. The second kappa shape index (κ2) is 8.56. The lowest BCUT2D eigenvalue weighted by Gasteiger charge is -2.29. The van der Waals surface area contributed by atoms with Crippen molar-refractivity contribution in [3.8, 4) is 0 Å². The molecule has 0 radical (unpaired) electrons. The SMILES string of the molecule is COC(=O)C1CCCCC1CNC(=O)c1cc([N+](=O)[O-])c(C)c([N+](=O)[O-])c1. The van der Waals surface area contributed by atoms with Crippen molar-refractivity contribution in [2.75, 3.05) is 13.7 Å². The summed E-state index contributed by atoms with van der Waals surface area (Å²) in [6.45, 7) is 1.45. The third-order valence-corrected chi connectivity index (χ3v) is 4.95. The van der Waals surface area contributed by atoms with Gasteiger partial charge in [-0.25, -0.2) is 0 Å². The van der Waals surface area contributed by atoms with Crippen molar-refractivity contribution in [1.82, 2.24) is 5.32 Å². The molecule has 1 aliphatic rings. The van der Waals surface area contributed by atoms with Crippen molar-refractivity contribution < 1.29 is 24.2 Å². The van der Waals surface area contributed by atoms with E-state index in [-0.39, 0.29) is 35.5 Å². The molecule has 1 fully saturated rings. The Morgan fingerprint density at radius 1 is 1.15 bits per heavy atom. The molecule has 0 heterocycles. The molecule has 10 heteroatoms. The molecule has 2 atom stereocenters. The summed E-state index contributed by atoms with van der Waals surface area (Å²) in [6.07, 6.45) is 3.25. The van der Waals surface area contributed by atoms with Gasteiger partial charge in [0.05, 0.1) is 28.4 Å². The quantitative estimate of drug-likeness (QED) is 0.454. The highest BCUT2D eigenvalue weighted by Crippen LogP contribution is 2.31. The van der Waals surface area contributed by atoms with Gasteiger partial charge < -0.3 is 10.1 Å². The molecule has 1 saturated carbocycles. The van der Waals surface area contributed by atoms with E-state index in [9.17, 15) is 29.8 Å². The Labute approximate surface area is 155 Å². The van der Waals surface area contributed by atoms with Gasteiger partial charge in [0, 0.05) is 18.7 Å². The monoisotopic (exact) mass is 379 g/mol. The number of rotatable bonds is 6. The Hall–Kier alpha value is -3.04. The van der Waals surface area contributed by atoms with Crippen LogP contribution in [0.4, 0.5) is 11.4 Å². The van der Waals surface area contributed by atoms with E-state index >= 15 is 0 Å². The van der Waals surface area contributed by atoms with Crippen molar-refractivity contribution in [3.63, 3.8) is 0 Å². The number of nitrogens with zero attached hydrogens (tertiary/aromatic N) is 2. The number of esters is 1. The fourth-order valence-corrected chi connectivity index (χ4v) is 3.43. The maximum atomic E-state index is 12.4. The molecule has 0 saturated heterocycles. The van der Waals surface area contributed by atoms with E-state index < -0.39 is 27.1 Å². The van der Waals surface area contributed by atoms with Crippen LogP contribution in [0.5, 0.6) is 0 Å². The number of ether oxygens (including phenoxy) is 1. The summed E-state index contributed by atoms with van der Waals surface area (Å²) in [4.78, 5) is 45.0.